The van der Waals surface area contributed by atoms with Crippen LogP contribution in [0.3, 0.4) is 0 Å². The van der Waals surface area contributed by atoms with Crippen molar-refractivity contribution in [1.82, 2.24) is 4.57 Å². The highest BCUT2D eigenvalue weighted by atomic mass is 79.9. The predicted octanol–water partition coefficient (Wildman–Crippen LogP) is 3.66. The Labute approximate surface area is 123 Å². The van der Waals surface area contributed by atoms with E-state index in [2.05, 4.69) is 35.6 Å². The van der Waals surface area contributed by atoms with E-state index in [4.69, 9.17) is 9.84 Å². The molecule has 19 heavy (non-hydrogen) atoms. The Balaban J connectivity index is 2.56. The molecule has 1 heterocycles. The number of ether oxygens (including phenoxy) is 1. The van der Waals surface area contributed by atoms with Gasteiger partial charge in [-0.2, -0.15) is 0 Å². The average Bonchev–Trinajstić information content (AvgIpc) is 2.61. The van der Waals surface area contributed by atoms with Crippen molar-refractivity contribution < 1.29 is 14.6 Å². The molecule has 0 atom stereocenters. The third-order valence-electron chi connectivity index (χ3n) is 2.52. The zero-order valence-corrected chi connectivity index (χ0v) is 14.1. The van der Waals surface area contributed by atoms with E-state index < -0.39 is 14.0 Å². The Bertz CT molecular complexity index is 463. The van der Waals surface area contributed by atoms with Gasteiger partial charge in [-0.15, -0.1) is 0 Å². The van der Waals surface area contributed by atoms with Gasteiger partial charge in [-0.25, -0.2) is 4.79 Å². The van der Waals surface area contributed by atoms with Crippen LogP contribution in [0.4, 0.5) is 0 Å². The summed E-state index contributed by atoms with van der Waals surface area (Å²) in [5, 5.41) is 8.64. The van der Waals surface area contributed by atoms with Crippen LogP contribution in [-0.2, 0) is 16.3 Å². The van der Waals surface area contributed by atoms with Crippen molar-refractivity contribution in [3.05, 3.63) is 28.5 Å². The highest BCUT2D eigenvalue weighted by Gasteiger charge is 2.12. The van der Waals surface area contributed by atoms with Crippen LogP contribution >= 0.6 is 15.9 Å². The van der Waals surface area contributed by atoms with E-state index >= 15 is 0 Å². The van der Waals surface area contributed by atoms with E-state index in [0.29, 0.717) is 6.73 Å². The molecule has 0 radical (unpaired) electrons. The van der Waals surface area contributed by atoms with Crippen molar-refractivity contribution in [3.8, 4) is 0 Å². The van der Waals surface area contributed by atoms with Crippen LogP contribution in [-0.4, -0.2) is 30.3 Å². The second kappa shape index (κ2) is 7.07. The Morgan fingerprint density at radius 3 is 2.79 bits per heavy atom. The van der Waals surface area contributed by atoms with Crippen LogP contribution < -0.4 is 0 Å². The fraction of sp³-hybridized carbons (Fsp3) is 0.462. The van der Waals surface area contributed by atoms with Crippen LogP contribution in [0.5, 0.6) is 0 Å². The maximum atomic E-state index is 10.5. The van der Waals surface area contributed by atoms with E-state index in [0.717, 1.165) is 28.9 Å². The van der Waals surface area contributed by atoms with Crippen LogP contribution in [0.2, 0.25) is 25.7 Å². The van der Waals surface area contributed by atoms with Crippen molar-refractivity contribution >= 4 is 36.0 Å². The van der Waals surface area contributed by atoms with Gasteiger partial charge in [0.1, 0.15) is 6.73 Å². The Morgan fingerprint density at radius 2 is 2.21 bits per heavy atom. The molecular formula is C13H20BrNO3Si. The summed E-state index contributed by atoms with van der Waals surface area (Å²) >= 11 is 3.38. The average molecular weight is 346 g/mol. The number of carboxylic acid groups (broad SMARTS) is 1. The van der Waals surface area contributed by atoms with Crippen LogP contribution in [0.25, 0.3) is 6.08 Å². The lowest BCUT2D eigenvalue weighted by Gasteiger charge is -2.16. The maximum absolute atomic E-state index is 10.5. The standard InChI is InChI=1S/C13H20BrNO3Si/c1-19(2,3)7-6-18-10-15-9-11(14)8-12(15)4-5-13(16)17/h4-5,8-9H,6-7,10H2,1-3H3,(H,16,17). The number of carbonyl (C=O) groups is 1. The maximum Gasteiger partial charge on any atom is 0.328 e. The van der Waals surface area contributed by atoms with Crippen molar-refractivity contribution in [3.63, 3.8) is 0 Å². The summed E-state index contributed by atoms with van der Waals surface area (Å²) in [6.07, 6.45) is 4.57. The van der Waals surface area contributed by atoms with Gasteiger partial charge in [0, 0.05) is 37.1 Å². The molecule has 0 amide bonds. The summed E-state index contributed by atoms with van der Waals surface area (Å²) < 4.78 is 8.44. The minimum atomic E-state index is -1.07. The number of rotatable bonds is 7. The predicted molar refractivity (Wildman–Crippen MR) is 82.9 cm³/mol. The summed E-state index contributed by atoms with van der Waals surface area (Å²) in [6, 6.07) is 2.98. The molecule has 1 rings (SSSR count). The first-order valence-corrected chi connectivity index (χ1v) is 10.6. The fourth-order valence-electron chi connectivity index (χ4n) is 1.44. The Kier molecular flexibility index (Phi) is 6.03. The molecule has 106 valence electrons. The molecule has 0 saturated heterocycles. The fourth-order valence-corrected chi connectivity index (χ4v) is 2.68. The molecule has 6 heteroatoms. The van der Waals surface area contributed by atoms with Crippen LogP contribution in [0.15, 0.2) is 22.8 Å². The number of aromatic nitrogens is 1. The number of halogens is 1. The van der Waals surface area contributed by atoms with Crippen molar-refractivity contribution in [2.75, 3.05) is 6.61 Å². The first-order chi connectivity index (χ1) is 8.78. The Morgan fingerprint density at radius 1 is 1.53 bits per heavy atom. The molecule has 0 spiro atoms. The molecule has 4 nitrogen and oxygen atoms in total. The zero-order valence-electron chi connectivity index (χ0n) is 11.5. The third kappa shape index (κ3) is 6.75. The van der Waals surface area contributed by atoms with Crippen molar-refractivity contribution in [2.24, 2.45) is 0 Å². The summed E-state index contributed by atoms with van der Waals surface area (Å²) in [4.78, 5) is 10.5. The quantitative estimate of drug-likeness (QED) is 0.466. The van der Waals surface area contributed by atoms with Gasteiger partial charge in [0.25, 0.3) is 0 Å². The van der Waals surface area contributed by atoms with E-state index in [-0.39, 0.29) is 0 Å². The second-order valence-electron chi connectivity index (χ2n) is 5.57. The Hall–Kier alpha value is -0.853. The molecule has 0 aliphatic heterocycles. The summed E-state index contributed by atoms with van der Waals surface area (Å²) in [5.41, 5.74) is 0.808. The van der Waals surface area contributed by atoms with E-state index in [1.165, 1.54) is 0 Å². The summed E-state index contributed by atoms with van der Waals surface area (Å²) in [6.45, 7) is 8.11. The van der Waals surface area contributed by atoms with Crippen molar-refractivity contribution in [1.29, 1.82) is 0 Å². The van der Waals surface area contributed by atoms with Gasteiger partial charge in [0.05, 0.1) is 0 Å². The molecule has 1 N–H and O–H groups in total. The second-order valence-corrected chi connectivity index (χ2v) is 12.1. The molecule has 1 aromatic rings. The van der Waals surface area contributed by atoms with Gasteiger partial charge in [0.15, 0.2) is 0 Å². The van der Waals surface area contributed by atoms with Gasteiger partial charge in [-0.3, -0.25) is 0 Å². The number of aliphatic carboxylic acids is 1. The minimum absolute atomic E-state index is 0.440. The van der Waals surface area contributed by atoms with Crippen LogP contribution in [0, 0.1) is 0 Å². The van der Waals surface area contributed by atoms with Crippen LogP contribution in [0.1, 0.15) is 5.69 Å². The van der Waals surface area contributed by atoms with Gasteiger partial charge in [0.2, 0.25) is 0 Å². The topological polar surface area (TPSA) is 51.5 Å². The van der Waals surface area contributed by atoms with Crippen molar-refractivity contribution in [2.45, 2.75) is 32.4 Å². The molecule has 0 aliphatic carbocycles. The molecule has 1 aromatic heterocycles. The monoisotopic (exact) mass is 345 g/mol. The first kappa shape index (κ1) is 16.2. The molecule has 0 aromatic carbocycles. The lowest BCUT2D eigenvalue weighted by Crippen LogP contribution is -2.22. The number of hydrogen-bond donors (Lipinski definition) is 1. The molecular weight excluding hydrogens is 326 g/mol. The molecule has 0 fully saturated rings. The van der Waals surface area contributed by atoms with E-state index in [1.807, 2.05) is 16.8 Å². The van der Waals surface area contributed by atoms with Gasteiger partial charge in [-0.1, -0.05) is 19.6 Å². The highest BCUT2D eigenvalue weighted by molar-refractivity contribution is 9.10. The number of hydrogen-bond acceptors (Lipinski definition) is 2. The lowest BCUT2D eigenvalue weighted by atomic mass is 10.4. The third-order valence-corrected chi connectivity index (χ3v) is 4.66. The number of nitrogens with zero attached hydrogens (tertiary/aromatic N) is 1. The van der Waals surface area contributed by atoms with E-state index in [1.54, 1.807) is 6.08 Å². The summed E-state index contributed by atoms with van der Waals surface area (Å²) in [7, 11) is -1.07. The number of carboxylic acids is 1. The largest absolute Gasteiger partial charge is 0.478 e. The SMILES string of the molecule is C[Si](C)(C)CCOCn1cc(Br)cc1C=CC(=O)O. The minimum Gasteiger partial charge on any atom is -0.478 e. The molecule has 0 saturated carbocycles. The smallest absolute Gasteiger partial charge is 0.328 e. The molecule has 0 unspecified atom stereocenters. The van der Waals surface area contributed by atoms with Gasteiger partial charge in [-0.05, 0) is 34.1 Å². The molecule has 0 aliphatic rings. The molecule has 0 bridgehead atoms. The lowest BCUT2D eigenvalue weighted by molar-refractivity contribution is -0.131. The van der Waals surface area contributed by atoms with Gasteiger partial charge >= 0.3 is 5.97 Å². The van der Waals surface area contributed by atoms with Gasteiger partial charge < -0.3 is 14.4 Å². The highest BCUT2D eigenvalue weighted by Crippen LogP contribution is 2.17. The summed E-state index contributed by atoms with van der Waals surface area (Å²) in [5.74, 6) is -0.955. The normalized spacial score (nSPS) is 12.2. The van der Waals surface area contributed by atoms with E-state index in [9.17, 15) is 4.79 Å². The zero-order chi connectivity index (χ0) is 14.5. The first-order valence-electron chi connectivity index (χ1n) is 6.12.